The zero-order valence-electron chi connectivity index (χ0n) is 14.4. The molecule has 2 atom stereocenters. The molecule has 8 heteroatoms. The number of nitrogens with zero attached hydrogens (tertiary/aromatic N) is 2. The van der Waals surface area contributed by atoms with Gasteiger partial charge in [-0.05, 0) is 37.8 Å². The molecular formula is C18H20N2O5S. The Morgan fingerprint density at radius 3 is 2.77 bits per heavy atom. The third-order valence-corrected chi connectivity index (χ3v) is 5.80. The molecule has 3 rings (SSSR count). The van der Waals surface area contributed by atoms with E-state index in [2.05, 4.69) is 22.0 Å². The van der Waals surface area contributed by atoms with E-state index in [-0.39, 0.29) is 12.5 Å². The molecule has 0 bridgehead atoms. The van der Waals surface area contributed by atoms with Crippen molar-refractivity contribution in [3.63, 3.8) is 0 Å². The van der Waals surface area contributed by atoms with Crippen LogP contribution in [0, 0.1) is 17.8 Å². The van der Waals surface area contributed by atoms with E-state index in [1.54, 1.807) is 6.20 Å². The predicted molar refractivity (Wildman–Crippen MR) is 95.4 cm³/mol. The van der Waals surface area contributed by atoms with Crippen molar-refractivity contribution in [1.82, 2.24) is 4.98 Å². The van der Waals surface area contributed by atoms with Gasteiger partial charge in [0.25, 0.3) is 0 Å². The molecular weight excluding hydrogens is 356 g/mol. The van der Waals surface area contributed by atoms with Crippen LogP contribution in [-0.2, 0) is 19.5 Å². The summed E-state index contributed by atoms with van der Waals surface area (Å²) >= 11 is 0. The van der Waals surface area contributed by atoms with Crippen molar-refractivity contribution in [2.24, 2.45) is 11.1 Å². The largest absolute Gasteiger partial charge is 0.480 e. The monoisotopic (exact) mass is 376 g/mol. The first-order chi connectivity index (χ1) is 12.3. The molecule has 0 amide bonds. The minimum atomic E-state index is -3.65. The summed E-state index contributed by atoms with van der Waals surface area (Å²) in [7, 11) is -3.65. The van der Waals surface area contributed by atoms with Crippen molar-refractivity contribution < 1.29 is 23.2 Å². The van der Waals surface area contributed by atoms with Crippen molar-refractivity contribution in [3.8, 4) is 11.8 Å². The lowest BCUT2D eigenvalue weighted by Crippen LogP contribution is -2.30. The Labute approximate surface area is 152 Å². The molecule has 1 aromatic rings. The summed E-state index contributed by atoms with van der Waals surface area (Å²) in [6, 6.07) is 3.72. The first-order valence-corrected chi connectivity index (χ1v) is 10.4. The Morgan fingerprint density at radius 2 is 2.19 bits per heavy atom. The van der Waals surface area contributed by atoms with E-state index in [9.17, 15) is 13.2 Å². The molecule has 2 unspecified atom stereocenters. The highest BCUT2D eigenvalue weighted by Gasteiger charge is 2.31. The highest BCUT2D eigenvalue weighted by molar-refractivity contribution is 7.92. The lowest BCUT2D eigenvalue weighted by molar-refractivity contribution is -0.136. The number of sulfone groups is 1. The number of aliphatic carboxylic acids is 1. The van der Waals surface area contributed by atoms with Crippen LogP contribution in [0.1, 0.15) is 43.4 Å². The number of hydrogen-bond acceptors (Lipinski definition) is 6. The number of aromatic nitrogens is 1. The quantitative estimate of drug-likeness (QED) is 0.756. The maximum atomic E-state index is 11.5. The summed E-state index contributed by atoms with van der Waals surface area (Å²) in [6.07, 6.45) is 5.39. The summed E-state index contributed by atoms with van der Waals surface area (Å²) in [5.74, 6) is 5.47. The molecule has 1 N–H and O–H groups in total. The number of hydrogen-bond donors (Lipinski definition) is 1. The van der Waals surface area contributed by atoms with Gasteiger partial charge in [0.05, 0.1) is 5.69 Å². The molecule has 1 fully saturated rings. The van der Waals surface area contributed by atoms with Gasteiger partial charge in [-0.2, -0.15) is 0 Å². The minimum absolute atomic E-state index is 0.00917. The van der Waals surface area contributed by atoms with Crippen LogP contribution in [0.2, 0.25) is 0 Å². The zero-order chi connectivity index (χ0) is 18.7. The molecule has 1 aromatic heterocycles. The number of pyridine rings is 1. The zero-order valence-corrected chi connectivity index (χ0v) is 15.2. The molecule has 0 aromatic carbocycles. The molecule has 0 spiro atoms. The van der Waals surface area contributed by atoms with Crippen molar-refractivity contribution in [2.45, 2.75) is 43.5 Å². The van der Waals surface area contributed by atoms with Gasteiger partial charge in [-0.25, -0.2) is 8.42 Å². The number of carboxylic acids is 1. The van der Waals surface area contributed by atoms with E-state index in [4.69, 9.17) is 9.94 Å². The van der Waals surface area contributed by atoms with E-state index < -0.39 is 21.1 Å². The van der Waals surface area contributed by atoms with E-state index in [0.29, 0.717) is 30.2 Å². The van der Waals surface area contributed by atoms with Gasteiger partial charge in [0.2, 0.25) is 0 Å². The molecule has 138 valence electrons. The molecule has 1 saturated carbocycles. The fourth-order valence-electron chi connectivity index (χ4n) is 2.64. The highest BCUT2D eigenvalue weighted by atomic mass is 32.2. The number of carbonyl (C=O) groups is 1. The summed E-state index contributed by atoms with van der Waals surface area (Å²) < 4.78 is 23.0. The van der Waals surface area contributed by atoms with Crippen LogP contribution in [0.3, 0.4) is 0 Å². The smallest absolute Gasteiger partial charge is 0.321 e. The van der Waals surface area contributed by atoms with Gasteiger partial charge in [0.15, 0.2) is 15.1 Å². The second-order valence-electron chi connectivity index (χ2n) is 6.68. The van der Waals surface area contributed by atoms with Crippen LogP contribution >= 0.6 is 0 Å². The molecule has 2 aliphatic rings. The summed E-state index contributed by atoms with van der Waals surface area (Å²) in [4.78, 5) is 20.8. The third-order valence-electron chi connectivity index (χ3n) is 4.33. The third kappa shape index (κ3) is 4.82. The Bertz CT molecular complexity index is 876. The normalized spacial score (nSPS) is 20.5. The SMILES string of the molecule is CS(=O)(=O)C(CCC1CC(c2ccc(C#CC3CC3)cn2)=NO1)C(=O)O. The first kappa shape index (κ1) is 18.4. The van der Waals surface area contributed by atoms with Crippen LogP contribution in [-0.4, -0.2) is 47.8 Å². The minimum Gasteiger partial charge on any atom is -0.480 e. The van der Waals surface area contributed by atoms with Gasteiger partial charge in [0.1, 0.15) is 11.8 Å². The first-order valence-electron chi connectivity index (χ1n) is 8.45. The Hall–Kier alpha value is -2.40. The van der Waals surface area contributed by atoms with Gasteiger partial charge in [-0.3, -0.25) is 9.78 Å². The average Bonchev–Trinajstić information content (AvgIpc) is 3.29. The van der Waals surface area contributed by atoms with Gasteiger partial charge < -0.3 is 9.94 Å². The van der Waals surface area contributed by atoms with E-state index in [0.717, 1.165) is 11.8 Å². The maximum absolute atomic E-state index is 11.5. The molecule has 1 aliphatic heterocycles. The fraction of sp³-hybridized carbons (Fsp3) is 0.500. The Balaban J connectivity index is 1.55. The van der Waals surface area contributed by atoms with Crippen LogP contribution in [0.25, 0.3) is 0 Å². The molecule has 2 heterocycles. The topological polar surface area (TPSA) is 106 Å². The van der Waals surface area contributed by atoms with E-state index >= 15 is 0 Å². The lowest BCUT2D eigenvalue weighted by Gasteiger charge is -2.12. The van der Waals surface area contributed by atoms with Crippen molar-refractivity contribution in [1.29, 1.82) is 0 Å². The van der Waals surface area contributed by atoms with Crippen LogP contribution in [0.15, 0.2) is 23.5 Å². The van der Waals surface area contributed by atoms with E-state index in [1.807, 2.05) is 12.1 Å². The van der Waals surface area contributed by atoms with Crippen LogP contribution in [0.5, 0.6) is 0 Å². The Kier molecular flexibility index (Phi) is 5.28. The fourth-order valence-corrected chi connectivity index (χ4v) is 3.57. The van der Waals surface area contributed by atoms with Gasteiger partial charge >= 0.3 is 5.97 Å². The maximum Gasteiger partial charge on any atom is 0.321 e. The van der Waals surface area contributed by atoms with Crippen molar-refractivity contribution >= 4 is 21.5 Å². The van der Waals surface area contributed by atoms with Crippen molar-refractivity contribution in [2.75, 3.05) is 6.26 Å². The molecule has 0 radical (unpaired) electrons. The van der Waals surface area contributed by atoms with Crippen LogP contribution in [0.4, 0.5) is 0 Å². The number of carboxylic acid groups (broad SMARTS) is 1. The van der Waals surface area contributed by atoms with E-state index in [1.165, 1.54) is 12.8 Å². The molecule has 1 aliphatic carbocycles. The molecule has 26 heavy (non-hydrogen) atoms. The van der Waals surface area contributed by atoms with Gasteiger partial charge in [0, 0.05) is 30.4 Å². The standard InChI is InChI=1S/C18H20N2O5S/c1-26(23,24)17(18(21)22)9-7-14-10-16(20-25-14)15-8-6-13(11-19-15)5-4-12-2-3-12/h6,8,11-12,14,17H,2-3,7,9-10H2,1H3,(H,21,22). The summed E-state index contributed by atoms with van der Waals surface area (Å²) in [6.45, 7) is 0. The summed E-state index contributed by atoms with van der Waals surface area (Å²) in [5, 5.41) is 11.6. The number of rotatable bonds is 6. The van der Waals surface area contributed by atoms with Gasteiger partial charge in [-0.15, -0.1) is 0 Å². The predicted octanol–water partition coefficient (Wildman–Crippen LogP) is 1.61. The van der Waals surface area contributed by atoms with Gasteiger partial charge in [-0.1, -0.05) is 17.0 Å². The Morgan fingerprint density at radius 1 is 1.42 bits per heavy atom. The summed E-state index contributed by atoms with van der Waals surface area (Å²) in [5.41, 5.74) is 2.21. The highest BCUT2D eigenvalue weighted by Crippen LogP contribution is 2.27. The average molecular weight is 376 g/mol. The second kappa shape index (κ2) is 7.46. The lowest BCUT2D eigenvalue weighted by atomic mass is 10.0. The molecule has 0 saturated heterocycles. The van der Waals surface area contributed by atoms with Crippen LogP contribution < -0.4 is 0 Å². The molecule has 7 nitrogen and oxygen atoms in total. The second-order valence-corrected chi connectivity index (χ2v) is 8.91. The van der Waals surface area contributed by atoms with Crippen molar-refractivity contribution in [3.05, 3.63) is 29.6 Å². The number of oxime groups is 1.